The van der Waals surface area contributed by atoms with E-state index in [1.165, 1.54) is 23.1 Å². The van der Waals surface area contributed by atoms with Crippen molar-refractivity contribution in [3.05, 3.63) is 34.9 Å². The lowest BCUT2D eigenvalue weighted by molar-refractivity contribution is 0.0340. The van der Waals surface area contributed by atoms with Gasteiger partial charge in [0.25, 0.3) is 0 Å². The second-order valence-electron chi connectivity index (χ2n) is 4.87. The van der Waals surface area contributed by atoms with Crippen LogP contribution in [0.4, 0.5) is 0 Å². The summed E-state index contributed by atoms with van der Waals surface area (Å²) in [5.41, 5.74) is 4.57. The molecule has 1 aromatic carbocycles. The maximum Gasteiger partial charge on any atom is 0.0594 e. The Hall–Kier alpha value is -0.900. The molecule has 0 atom stereocenters. The number of nitrogens with one attached hydrogen (secondary N) is 1. The van der Waals surface area contributed by atoms with E-state index in [0.717, 1.165) is 45.9 Å². The molecule has 1 N–H and O–H groups in total. The van der Waals surface area contributed by atoms with E-state index in [0.29, 0.717) is 0 Å². The van der Waals surface area contributed by atoms with Crippen molar-refractivity contribution in [1.29, 1.82) is 0 Å². The molecule has 1 aromatic rings. The minimum absolute atomic E-state index is 0.882. The highest BCUT2D eigenvalue weighted by Gasteiger charge is 2.16. The topological polar surface area (TPSA) is 24.5 Å². The third-order valence-electron chi connectivity index (χ3n) is 3.74. The lowest BCUT2D eigenvalue weighted by Crippen LogP contribution is -2.36. The number of fused-ring (bicyclic) bond motifs is 1. The van der Waals surface area contributed by atoms with E-state index in [1.807, 2.05) is 0 Å². The van der Waals surface area contributed by atoms with Gasteiger partial charge in [-0.15, -0.1) is 0 Å². The normalized spacial score (nSPS) is 21.2. The molecule has 0 unspecified atom stereocenters. The van der Waals surface area contributed by atoms with Crippen LogP contribution in [0, 0.1) is 0 Å². The number of morpholine rings is 1. The summed E-state index contributed by atoms with van der Waals surface area (Å²) in [5.74, 6) is 0. The number of hydrogen-bond donors (Lipinski definition) is 1. The van der Waals surface area contributed by atoms with Gasteiger partial charge in [0.2, 0.25) is 0 Å². The fourth-order valence-corrected chi connectivity index (χ4v) is 2.73. The third kappa shape index (κ3) is 2.51. The SMILES string of the molecule is c1cc2c(c(CN3CCOCC3)c1)CNCC2. The quantitative estimate of drug-likeness (QED) is 0.828. The van der Waals surface area contributed by atoms with Crippen molar-refractivity contribution in [2.45, 2.75) is 19.5 Å². The number of rotatable bonds is 2. The zero-order valence-corrected chi connectivity index (χ0v) is 10.2. The van der Waals surface area contributed by atoms with Gasteiger partial charge in [-0.1, -0.05) is 18.2 Å². The van der Waals surface area contributed by atoms with Crippen LogP contribution in [0.2, 0.25) is 0 Å². The van der Waals surface area contributed by atoms with Crippen LogP contribution in [0.3, 0.4) is 0 Å². The summed E-state index contributed by atoms with van der Waals surface area (Å²) in [5, 5.41) is 3.48. The first kappa shape index (κ1) is 11.2. The highest BCUT2D eigenvalue weighted by molar-refractivity contribution is 5.36. The molecule has 0 bridgehead atoms. The minimum atomic E-state index is 0.882. The fraction of sp³-hybridized carbons (Fsp3) is 0.571. The van der Waals surface area contributed by atoms with Crippen LogP contribution in [-0.2, 0) is 24.2 Å². The molecule has 0 spiro atoms. The van der Waals surface area contributed by atoms with Crippen molar-refractivity contribution in [2.75, 3.05) is 32.8 Å². The average molecular weight is 232 g/mol. The molecule has 17 heavy (non-hydrogen) atoms. The van der Waals surface area contributed by atoms with Crippen LogP contribution in [0.15, 0.2) is 18.2 Å². The van der Waals surface area contributed by atoms with Crippen LogP contribution >= 0.6 is 0 Å². The Labute approximate surface area is 103 Å². The highest BCUT2D eigenvalue weighted by Crippen LogP contribution is 2.20. The smallest absolute Gasteiger partial charge is 0.0594 e. The number of benzene rings is 1. The summed E-state index contributed by atoms with van der Waals surface area (Å²) in [7, 11) is 0. The molecular weight excluding hydrogens is 212 g/mol. The van der Waals surface area contributed by atoms with Gasteiger partial charge in [0.1, 0.15) is 0 Å². The van der Waals surface area contributed by atoms with Crippen molar-refractivity contribution in [3.8, 4) is 0 Å². The Morgan fingerprint density at radius 1 is 1.24 bits per heavy atom. The van der Waals surface area contributed by atoms with Crippen molar-refractivity contribution in [3.63, 3.8) is 0 Å². The van der Waals surface area contributed by atoms with Gasteiger partial charge >= 0.3 is 0 Å². The summed E-state index contributed by atoms with van der Waals surface area (Å²) in [6.45, 7) is 7.13. The molecule has 3 heteroatoms. The van der Waals surface area contributed by atoms with Crippen LogP contribution in [-0.4, -0.2) is 37.7 Å². The summed E-state index contributed by atoms with van der Waals surface area (Å²) in [6, 6.07) is 6.76. The van der Waals surface area contributed by atoms with E-state index in [-0.39, 0.29) is 0 Å². The predicted molar refractivity (Wildman–Crippen MR) is 67.9 cm³/mol. The highest BCUT2D eigenvalue weighted by atomic mass is 16.5. The van der Waals surface area contributed by atoms with E-state index >= 15 is 0 Å². The monoisotopic (exact) mass is 232 g/mol. The molecule has 3 nitrogen and oxygen atoms in total. The number of nitrogens with zero attached hydrogens (tertiary/aromatic N) is 1. The summed E-state index contributed by atoms with van der Waals surface area (Å²) >= 11 is 0. The summed E-state index contributed by atoms with van der Waals surface area (Å²) in [4.78, 5) is 2.49. The molecule has 0 aromatic heterocycles. The van der Waals surface area contributed by atoms with Gasteiger partial charge in [0.05, 0.1) is 13.2 Å². The minimum Gasteiger partial charge on any atom is -0.379 e. The maximum absolute atomic E-state index is 5.40. The van der Waals surface area contributed by atoms with Crippen LogP contribution in [0.1, 0.15) is 16.7 Å². The number of hydrogen-bond acceptors (Lipinski definition) is 3. The Morgan fingerprint density at radius 3 is 3.00 bits per heavy atom. The van der Waals surface area contributed by atoms with Gasteiger partial charge in [0.15, 0.2) is 0 Å². The summed E-state index contributed by atoms with van der Waals surface area (Å²) < 4.78 is 5.40. The largest absolute Gasteiger partial charge is 0.379 e. The fourth-order valence-electron chi connectivity index (χ4n) is 2.73. The molecule has 0 aliphatic carbocycles. The van der Waals surface area contributed by atoms with E-state index in [4.69, 9.17) is 4.74 Å². The van der Waals surface area contributed by atoms with Gasteiger partial charge in [-0.25, -0.2) is 0 Å². The molecule has 92 valence electrons. The van der Waals surface area contributed by atoms with E-state index < -0.39 is 0 Å². The van der Waals surface area contributed by atoms with Gasteiger partial charge in [-0.3, -0.25) is 4.90 Å². The molecule has 3 rings (SSSR count). The molecule has 1 saturated heterocycles. The molecule has 2 aliphatic rings. The standard InChI is InChI=1S/C14H20N2O/c1-2-12-4-5-15-10-14(12)13(3-1)11-16-6-8-17-9-7-16/h1-3,15H,4-11H2. The molecular formula is C14H20N2O. The zero-order chi connectivity index (χ0) is 11.5. The number of ether oxygens (including phenoxy) is 1. The summed E-state index contributed by atoms with van der Waals surface area (Å²) in [6.07, 6.45) is 1.17. The molecule has 1 fully saturated rings. The second kappa shape index (κ2) is 5.17. The third-order valence-corrected chi connectivity index (χ3v) is 3.74. The van der Waals surface area contributed by atoms with Gasteiger partial charge in [0, 0.05) is 26.2 Å². The van der Waals surface area contributed by atoms with Crippen molar-refractivity contribution in [2.24, 2.45) is 0 Å². The Kier molecular flexibility index (Phi) is 3.41. The maximum atomic E-state index is 5.40. The average Bonchev–Trinajstić information content (AvgIpc) is 2.40. The Bertz CT molecular complexity index is 386. The Morgan fingerprint density at radius 2 is 2.12 bits per heavy atom. The first-order chi connectivity index (χ1) is 8.43. The Balaban J connectivity index is 1.77. The van der Waals surface area contributed by atoms with Crippen molar-refractivity contribution >= 4 is 0 Å². The second-order valence-corrected chi connectivity index (χ2v) is 4.87. The van der Waals surface area contributed by atoms with Gasteiger partial charge < -0.3 is 10.1 Å². The van der Waals surface area contributed by atoms with Crippen LogP contribution < -0.4 is 5.32 Å². The van der Waals surface area contributed by atoms with Crippen LogP contribution in [0.5, 0.6) is 0 Å². The van der Waals surface area contributed by atoms with E-state index in [9.17, 15) is 0 Å². The van der Waals surface area contributed by atoms with E-state index in [2.05, 4.69) is 28.4 Å². The van der Waals surface area contributed by atoms with Crippen molar-refractivity contribution in [1.82, 2.24) is 10.2 Å². The molecule has 2 heterocycles. The molecule has 0 radical (unpaired) electrons. The first-order valence-electron chi connectivity index (χ1n) is 6.54. The van der Waals surface area contributed by atoms with Crippen molar-refractivity contribution < 1.29 is 4.74 Å². The first-order valence-corrected chi connectivity index (χ1v) is 6.54. The zero-order valence-electron chi connectivity index (χ0n) is 10.2. The van der Waals surface area contributed by atoms with Gasteiger partial charge in [-0.05, 0) is 29.7 Å². The lowest BCUT2D eigenvalue weighted by Gasteiger charge is -2.29. The molecule has 0 amide bonds. The predicted octanol–water partition coefficient (Wildman–Crippen LogP) is 1.16. The van der Waals surface area contributed by atoms with Crippen LogP contribution in [0.25, 0.3) is 0 Å². The lowest BCUT2D eigenvalue weighted by atomic mass is 9.95. The van der Waals surface area contributed by atoms with E-state index in [1.54, 1.807) is 0 Å². The molecule has 0 saturated carbocycles. The molecule has 2 aliphatic heterocycles. The van der Waals surface area contributed by atoms with Gasteiger partial charge in [-0.2, -0.15) is 0 Å².